The summed E-state index contributed by atoms with van der Waals surface area (Å²) in [5.41, 5.74) is 2.24. The van der Waals surface area contributed by atoms with Crippen LogP contribution in [0.4, 0.5) is 0 Å². The van der Waals surface area contributed by atoms with Crippen LogP contribution in [0.2, 0.25) is 0 Å². The van der Waals surface area contributed by atoms with E-state index in [1.807, 2.05) is 48.5 Å². The summed E-state index contributed by atoms with van der Waals surface area (Å²) in [7, 11) is 0. The molecule has 2 aromatic rings. The summed E-state index contributed by atoms with van der Waals surface area (Å²) in [4.78, 5) is 0. The molecule has 2 aromatic carbocycles. The first-order valence-corrected chi connectivity index (χ1v) is 10.5. The van der Waals surface area contributed by atoms with Gasteiger partial charge in [-0.25, -0.2) is 0 Å². The lowest BCUT2D eigenvalue weighted by molar-refractivity contribution is -0.267. The van der Waals surface area contributed by atoms with Crippen molar-refractivity contribution in [1.82, 2.24) is 0 Å². The van der Waals surface area contributed by atoms with Gasteiger partial charge < -0.3 is 24.1 Å². The molecule has 0 unspecified atom stereocenters. The maximum Gasteiger partial charge on any atom is 0.161 e. The number of ether oxygens (including phenoxy) is 4. The Morgan fingerprint density at radius 1 is 0.897 bits per heavy atom. The fourth-order valence-electron chi connectivity index (χ4n) is 5.16. The molecule has 5 rings (SSSR count). The van der Waals surface area contributed by atoms with Crippen molar-refractivity contribution in [3.05, 3.63) is 71.8 Å². The van der Waals surface area contributed by atoms with Crippen molar-refractivity contribution >= 4 is 0 Å². The van der Waals surface area contributed by atoms with E-state index in [0.29, 0.717) is 32.3 Å². The summed E-state index contributed by atoms with van der Waals surface area (Å²) in [5, 5.41) is 10.8. The van der Waals surface area contributed by atoms with Crippen LogP contribution in [0.5, 0.6) is 0 Å². The van der Waals surface area contributed by atoms with Gasteiger partial charge in [-0.3, -0.25) is 0 Å². The molecule has 0 amide bonds. The quantitative estimate of drug-likeness (QED) is 0.779. The first-order valence-electron chi connectivity index (χ1n) is 10.5. The van der Waals surface area contributed by atoms with Crippen LogP contribution in [-0.4, -0.2) is 42.9 Å². The van der Waals surface area contributed by atoms with Crippen LogP contribution in [0.1, 0.15) is 17.5 Å². The molecule has 5 nitrogen and oxygen atoms in total. The van der Waals surface area contributed by atoms with Gasteiger partial charge in [-0.05, 0) is 23.5 Å². The second kappa shape index (κ2) is 8.54. The smallest absolute Gasteiger partial charge is 0.161 e. The zero-order valence-corrected chi connectivity index (χ0v) is 16.4. The predicted molar refractivity (Wildman–Crippen MR) is 107 cm³/mol. The lowest BCUT2D eigenvalue weighted by atomic mass is 9.81. The van der Waals surface area contributed by atoms with Crippen molar-refractivity contribution in [2.75, 3.05) is 13.2 Å². The van der Waals surface area contributed by atoms with Crippen molar-refractivity contribution in [2.45, 2.75) is 44.2 Å². The van der Waals surface area contributed by atoms with Gasteiger partial charge in [0.1, 0.15) is 6.10 Å². The molecule has 0 radical (unpaired) electrons. The number of rotatable bonds is 7. The first kappa shape index (κ1) is 19.2. The lowest BCUT2D eigenvalue weighted by Crippen LogP contribution is -2.54. The Morgan fingerprint density at radius 2 is 1.59 bits per heavy atom. The summed E-state index contributed by atoms with van der Waals surface area (Å²) in [6.07, 6.45) is -0.353. The molecule has 1 N–H and O–H groups in total. The van der Waals surface area contributed by atoms with Crippen molar-refractivity contribution in [3.63, 3.8) is 0 Å². The minimum atomic E-state index is -0.377. The van der Waals surface area contributed by atoms with Gasteiger partial charge >= 0.3 is 0 Å². The molecule has 1 saturated carbocycles. The van der Waals surface area contributed by atoms with Crippen LogP contribution in [0, 0.1) is 17.8 Å². The molecule has 2 saturated heterocycles. The monoisotopic (exact) mass is 396 g/mol. The van der Waals surface area contributed by atoms with E-state index >= 15 is 0 Å². The van der Waals surface area contributed by atoms with E-state index in [0.717, 1.165) is 17.5 Å². The largest absolute Gasteiger partial charge is 0.393 e. The maximum absolute atomic E-state index is 10.8. The zero-order valence-electron chi connectivity index (χ0n) is 16.4. The second-order valence-electron chi connectivity index (χ2n) is 8.36. The van der Waals surface area contributed by atoms with E-state index in [2.05, 4.69) is 12.1 Å². The Bertz CT molecular complexity index is 782. The fourth-order valence-corrected chi connectivity index (χ4v) is 5.16. The van der Waals surface area contributed by atoms with Gasteiger partial charge in [0.15, 0.2) is 6.29 Å². The van der Waals surface area contributed by atoms with Crippen LogP contribution in [0.15, 0.2) is 60.7 Å². The molecule has 0 spiro atoms. The highest BCUT2D eigenvalue weighted by molar-refractivity contribution is 5.14. The minimum Gasteiger partial charge on any atom is -0.393 e. The van der Waals surface area contributed by atoms with Crippen molar-refractivity contribution < 1.29 is 24.1 Å². The highest BCUT2D eigenvalue weighted by Gasteiger charge is 2.59. The summed E-state index contributed by atoms with van der Waals surface area (Å²) in [6.45, 7) is 2.09. The predicted octanol–water partition coefficient (Wildman–Crippen LogP) is 3.16. The van der Waals surface area contributed by atoms with E-state index in [-0.39, 0.29) is 36.4 Å². The fraction of sp³-hybridized carbons (Fsp3) is 0.500. The summed E-state index contributed by atoms with van der Waals surface area (Å²) >= 11 is 0. The van der Waals surface area contributed by atoms with E-state index in [4.69, 9.17) is 18.9 Å². The van der Waals surface area contributed by atoms with Gasteiger partial charge in [-0.2, -0.15) is 0 Å². The van der Waals surface area contributed by atoms with Crippen LogP contribution in [0.25, 0.3) is 0 Å². The molecule has 3 fully saturated rings. The standard InChI is InChI=1S/C24H28O5/c25-19-11-18-14-28-24-21(18)22(19)23(27-13-17-9-5-2-6-10-17)20(29-24)15-26-12-16-7-3-1-4-8-16/h1-10,18-25H,11-15H2/t18-,19-,20+,21+,22-,23+,24-/m0/s1. The third-order valence-electron chi connectivity index (χ3n) is 6.50. The van der Waals surface area contributed by atoms with E-state index in [9.17, 15) is 5.11 Å². The van der Waals surface area contributed by atoms with Crippen LogP contribution in [0.3, 0.4) is 0 Å². The summed E-state index contributed by atoms with van der Waals surface area (Å²) < 4.78 is 24.6. The SMILES string of the molecule is O[C@H]1C[C@H]2CO[C@H]3O[C@H](COCc4ccccc4)[C@@H](OCc4ccccc4)[C@@H]1[C@@H]23. The molecule has 0 bridgehead atoms. The van der Waals surface area contributed by atoms with Crippen molar-refractivity contribution in [3.8, 4) is 0 Å². The first-order chi connectivity index (χ1) is 14.3. The number of benzene rings is 2. The minimum absolute atomic E-state index is 0.0234. The summed E-state index contributed by atoms with van der Waals surface area (Å²) in [6, 6.07) is 20.2. The Hall–Kier alpha value is -1.76. The van der Waals surface area contributed by atoms with Gasteiger partial charge in [-0.15, -0.1) is 0 Å². The molecule has 5 heteroatoms. The van der Waals surface area contributed by atoms with E-state index in [1.165, 1.54) is 0 Å². The molecule has 3 aliphatic rings. The lowest BCUT2D eigenvalue weighted by Gasteiger charge is -2.43. The highest BCUT2D eigenvalue weighted by Crippen LogP contribution is 2.51. The van der Waals surface area contributed by atoms with Crippen molar-refractivity contribution in [2.24, 2.45) is 17.8 Å². The maximum atomic E-state index is 10.8. The van der Waals surface area contributed by atoms with Gasteiger partial charge in [-0.1, -0.05) is 60.7 Å². The Balaban J connectivity index is 1.30. The van der Waals surface area contributed by atoms with E-state index in [1.54, 1.807) is 0 Å². The van der Waals surface area contributed by atoms with Crippen LogP contribution >= 0.6 is 0 Å². The number of hydrogen-bond donors (Lipinski definition) is 1. The van der Waals surface area contributed by atoms with Crippen LogP contribution in [-0.2, 0) is 32.2 Å². The molecular weight excluding hydrogens is 368 g/mol. The highest BCUT2D eigenvalue weighted by atomic mass is 16.7. The second-order valence-corrected chi connectivity index (χ2v) is 8.36. The van der Waals surface area contributed by atoms with Gasteiger partial charge in [0.25, 0.3) is 0 Å². The van der Waals surface area contributed by atoms with Gasteiger partial charge in [0, 0.05) is 11.8 Å². The Kier molecular flexibility index (Phi) is 5.66. The Morgan fingerprint density at radius 3 is 2.31 bits per heavy atom. The third-order valence-corrected chi connectivity index (χ3v) is 6.50. The normalized spacial score (nSPS) is 35.6. The number of hydrogen-bond acceptors (Lipinski definition) is 5. The molecule has 29 heavy (non-hydrogen) atoms. The van der Waals surface area contributed by atoms with Crippen molar-refractivity contribution in [1.29, 1.82) is 0 Å². The molecule has 7 atom stereocenters. The molecule has 0 aromatic heterocycles. The molecular formula is C24H28O5. The average molecular weight is 396 g/mol. The van der Waals surface area contributed by atoms with Gasteiger partial charge in [0.2, 0.25) is 0 Å². The topological polar surface area (TPSA) is 57.2 Å². The van der Waals surface area contributed by atoms with Gasteiger partial charge in [0.05, 0.1) is 38.6 Å². The molecule has 2 aliphatic heterocycles. The number of aliphatic hydroxyl groups excluding tert-OH is 1. The third kappa shape index (κ3) is 3.98. The number of aliphatic hydroxyl groups is 1. The molecule has 2 heterocycles. The molecule has 1 aliphatic carbocycles. The summed E-state index contributed by atoms with van der Waals surface area (Å²) in [5.74, 6) is 0.584. The van der Waals surface area contributed by atoms with E-state index < -0.39 is 0 Å². The Labute approximate surface area is 171 Å². The average Bonchev–Trinajstić information content (AvgIpc) is 3.30. The zero-order chi connectivity index (χ0) is 19.6. The molecule has 154 valence electrons. The van der Waals surface area contributed by atoms with Crippen LogP contribution < -0.4 is 0 Å².